The summed E-state index contributed by atoms with van der Waals surface area (Å²) in [4.78, 5) is 3.98. The van der Waals surface area contributed by atoms with Crippen LogP contribution in [0.25, 0.3) is 5.65 Å². The first-order valence-electron chi connectivity index (χ1n) is 3.28. The van der Waals surface area contributed by atoms with E-state index in [0.29, 0.717) is 15.8 Å². The molecule has 0 aliphatic carbocycles. The lowest BCUT2D eigenvalue weighted by atomic mass is 10.4. The molecule has 0 saturated carbocycles. The third-order valence-electron chi connectivity index (χ3n) is 1.62. The van der Waals surface area contributed by atoms with Crippen LogP contribution < -0.4 is 0 Å². The third kappa shape index (κ3) is 1.29. The van der Waals surface area contributed by atoms with E-state index in [2.05, 4.69) is 4.98 Å². The fourth-order valence-electron chi connectivity index (χ4n) is 1.02. The molecule has 0 bridgehead atoms. The molecule has 2 aromatic rings. The fourth-order valence-corrected chi connectivity index (χ4v) is 1.94. The summed E-state index contributed by atoms with van der Waals surface area (Å²) < 4.78 is 1.57. The van der Waals surface area contributed by atoms with Gasteiger partial charge in [-0.1, -0.05) is 46.4 Å². The van der Waals surface area contributed by atoms with E-state index in [4.69, 9.17) is 46.4 Å². The summed E-state index contributed by atoms with van der Waals surface area (Å²) in [5.74, 6) is 0. The Morgan fingerprint density at radius 1 is 1.00 bits per heavy atom. The number of halogens is 4. The molecule has 0 atom stereocenters. The van der Waals surface area contributed by atoms with Crippen molar-refractivity contribution in [2.45, 2.75) is 0 Å². The second-order valence-corrected chi connectivity index (χ2v) is 3.85. The highest BCUT2D eigenvalue weighted by Crippen LogP contribution is 2.37. The van der Waals surface area contributed by atoms with Gasteiger partial charge < -0.3 is 0 Å². The van der Waals surface area contributed by atoms with E-state index in [1.807, 2.05) is 0 Å². The van der Waals surface area contributed by atoms with Crippen LogP contribution in [0.2, 0.25) is 20.2 Å². The number of pyridine rings is 1. The van der Waals surface area contributed by atoms with Gasteiger partial charge in [-0.05, 0) is 0 Å². The fraction of sp³-hybridized carbons (Fsp3) is 0. The van der Waals surface area contributed by atoms with E-state index in [1.165, 1.54) is 0 Å². The third-order valence-corrected chi connectivity index (χ3v) is 3.38. The zero-order chi connectivity index (χ0) is 9.59. The number of hydrogen-bond donors (Lipinski definition) is 0. The van der Waals surface area contributed by atoms with E-state index < -0.39 is 0 Å². The Morgan fingerprint density at radius 3 is 2.38 bits per heavy atom. The number of hydrogen-bond acceptors (Lipinski definition) is 1. The van der Waals surface area contributed by atoms with Crippen molar-refractivity contribution >= 4 is 52.1 Å². The van der Waals surface area contributed by atoms with Crippen molar-refractivity contribution in [1.29, 1.82) is 0 Å². The van der Waals surface area contributed by atoms with Crippen LogP contribution in [0.4, 0.5) is 0 Å². The van der Waals surface area contributed by atoms with E-state index in [0.717, 1.165) is 0 Å². The maximum Gasteiger partial charge on any atom is 0.158 e. The van der Waals surface area contributed by atoms with E-state index in [9.17, 15) is 0 Å². The predicted octanol–water partition coefficient (Wildman–Crippen LogP) is 3.95. The second-order valence-electron chi connectivity index (χ2n) is 2.35. The molecule has 0 N–H and O–H groups in total. The van der Waals surface area contributed by atoms with Gasteiger partial charge in [-0.3, -0.25) is 4.40 Å². The first-order valence-corrected chi connectivity index (χ1v) is 4.79. The highest BCUT2D eigenvalue weighted by Gasteiger charge is 2.14. The van der Waals surface area contributed by atoms with Crippen molar-refractivity contribution in [2.75, 3.05) is 0 Å². The molecule has 0 fully saturated rings. The smallest absolute Gasteiger partial charge is 0.158 e. The molecule has 0 radical (unpaired) electrons. The Labute approximate surface area is 94.0 Å². The monoisotopic (exact) mass is 254 g/mol. The van der Waals surface area contributed by atoms with Crippen LogP contribution in [-0.2, 0) is 0 Å². The van der Waals surface area contributed by atoms with Crippen LogP contribution in [-0.4, -0.2) is 9.38 Å². The average Bonchev–Trinajstić information content (AvgIpc) is 2.59. The molecule has 0 amide bonds. The van der Waals surface area contributed by atoms with Gasteiger partial charge in [0.05, 0.1) is 10.0 Å². The van der Waals surface area contributed by atoms with E-state index >= 15 is 0 Å². The average molecular weight is 256 g/mol. The van der Waals surface area contributed by atoms with E-state index in [1.54, 1.807) is 16.8 Å². The van der Waals surface area contributed by atoms with Gasteiger partial charge in [0, 0.05) is 12.4 Å². The zero-order valence-electron chi connectivity index (χ0n) is 6.06. The normalized spacial score (nSPS) is 11.1. The predicted molar refractivity (Wildman–Crippen MR) is 55.2 cm³/mol. The van der Waals surface area contributed by atoms with Gasteiger partial charge in [0.2, 0.25) is 0 Å². The lowest BCUT2D eigenvalue weighted by molar-refractivity contribution is 1.19. The number of aromatic nitrogens is 2. The largest absolute Gasteiger partial charge is 0.288 e. The summed E-state index contributed by atoms with van der Waals surface area (Å²) in [5.41, 5.74) is 0.501. The molecule has 0 unspecified atom stereocenters. The van der Waals surface area contributed by atoms with Gasteiger partial charge in [-0.25, -0.2) is 4.98 Å². The molecule has 0 aliphatic heterocycles. The summed E-state index contributed by atoms with van der Waals surface area (Å²) in [7, 11) is 0. The van der Waals surface area contributed by atoms with Crippen LogP contribution in [0.3, 0.4) is 0 Å². The SMILES string of the molecule is Clc1c(Cl)c(Cl)n2ccnc2c1Cl. The quantitative estimate of drug-likeness (QED) is 0.652. The van der Waals surface area contributed by atoms with Gasteiger partial charge in [0.25, 0.3) is 0 Å². The highest BCUT2D eigenvalue weighted by molar-refractivity contribution is 6.52. The summed E-state index contributed by atoms with van der Waals surface area (Å²) >= 11 is 23.4. The topological polar surface area (TPSA) is 17.3 Å². The minimum atomic E-state index is 0.229. The van der Waals surface area contributed by atoms with Gasteiger partial charge >= 0.3 is 0 Å². The van der Waals surface area contributed by atoms with Crippen molar-refractivity contribution < 1.29 is 0 Å². The Balaban J connectivity index is 3.02. The zero-order valence-corrected chi connectivity index (χ0v) is 9.08. The first kappa shape index (κ1) is 9.41. The van der Waals surface area contributed by atoms with Crippen molar-refractivity contribution in [1.82, 2.24) is 9.38 Å². The highest BCUT2D eigenvalue weighted by atomic mass is 35.5. The second kappa shape index (κ2) is 3.21. The number of nitrogens with zero attached hydrogens (tertiary/aromatic N) is 2. The molecular weight excluding hydrogens is 254 g/mol. The Morgan fingerprint density at radius 2 is 1.69 bits per heavy atom. The molecular formula is C7H2Cl4N2. The maximum atomic E-state index is 5.89. The molecule has 6 heteroatoms. The molecule has 0 aliphatic rings. The van der Waals surface area contributed by atoms with Gasteiger partial charge in [-0.15, -0.1) is 0 Å². The van der Waals surface area contributed by atoms with Crippen LogP contribution in [0.15, 0.2) is 12.4 Å². The Bertz CT molecular complexity index is 435. The molecule has 68 valence electrons. The summed E-state index contributed by atoms with van der Waals surface area (Å²) in [6.45, 7) is 0. The van der Waals surface area contributed by atoms with Gasteiger partial charge in [-0.2, -0.15) is 0 Å². The van der Waals surface area contributed by atoms with Gasteiger partial charge in [0.1, 0.15) is 10.2 Å². The Hall–Kier alpha value is -0.150. The number of fused-ring (bicyclic) bond motifs is 1. The minimum absolute atomic E-state index is 0.229. The van der Waals surface area contributed by atoms with Crippen molar-refractivity contribution in [3.63, 3.8) is 0 Å². The summed E-state index contributed by atoms with van der Waals surface area (Å²) in [5, 5.41) is 1.08. The first-order chi connectivity index (χ1) is 6.13. The maximum absolute atomic E-state index is 5.89. The number of imidazole rings is 1. The lowest BCUT2D eigenvalue weighted by Gasteiger charge is -2.04. The van der Waals surface area contributed by atoms with Crippen LogP contribution >= 0.6 is 46.4 Å². The van der Waals surface area contributed by atoms with Crippen LogP contribution in [0, 0.1) is 0 Å². The van der Waals surface area contributed by atoms with Crippen molar-refractivity contribution in [3.8, 4) is 0 Å². The van der Waals surface area contributed by atoms with E-state index in [-0.39, 0.29) is 10.0 Å². The molecule has 2 aromatic heterocycles. The molecule has 2 nitrogen and oxygen atoms in total. The molecule has 0 saturated heterocycles. The van der Waals surface area contributed by atoms with Crippen molar-refractivity contribution in [2.24, 2.45) is 0 Å². The van der Waals surface area contributed by atoms with Crippen LogP contribution in [0.5, 0.6) is 0 Å². The lowest BCUT2D eigenvalue weighted by Crippen LogP contribution is -1.89. The number of rotatable bonds is 0. The standard InChI is InChI=1S/C7H2Cl4N2/c8-3-4(9)6(11)13-2-1-12-7(13)5(3)10/h1-2H. The summed E-state index contributed by atoms with van der Waals surface area (Å²) in [6, 6.07) is 0. The van der Waals surface area contributed by atoms with Crippen molar-refractivity contribution in [3.05, 3.63) is 32.6 Å². The molecule has 2 heterocycles. The van der Waals surface area contributed by atoms with Gasteiger partial charge in [0.15, 0.2) is 5.65 Å². The molecule has 2 rings (SSSR count). The van der Waals surface area contributed by atoms with Crippen LogP contribution in [0.1, 0.15) is 0 Å². The molecule has 13 heavy (non-hydrogen) atoms. The molecule has 0 aromatic carbocycles. The minimum Gasteiger partial charge on any atom is -0.288 e. The Kier molecular flexibility index (Phi) is 2.32. The molecule has 0 spiro atoms. The summed E-state index contributed by atoms with van der Waals surface area (Å²) in [6.07, 6.45) is 3.23.